The van der Waals surface area contributed by atoms with Crippen molar-refractivity contribution < 1.29 is 9.47 Å². The zero-order valence-corrected chi connectivity index (χ0v) is 9.28. The van der Waals surface area contributed by atoms with Crippen molar-refractivity contribution in [1.29, 1.82) is 0 Å². The molecule has 88 valence electrons. The van der Waals surface area contributed by atoms with Gasteiger partial charge in [-0.3, -0.25) is 11.3 Å². The topological polar surface area (TPSA) is 56.5 Å². The fraction of sp³-hybridized carbons (Fsp3) is 1.00. The molecule has 1 aliphatic carbocycles. The van der Waals surface area contributed by atoms with Gasteiger partial charge in [-0.15, -0.1) is 0 Å². The maximum Gasteiger partial charge on any atom is 0.0975 e. The highest BCUT2D eigenvalue weighted by atomic mass is 16.6. The lowest BCUT2D eigenvalue weighted by molar-refractivity contribution is -0.104. The van der Waals surface area contributed by atoms with E-state index in [0.717, 1.165) is 18.9 Å². The minimum atomic E-state index is 0.143. The maximum atomic E-state index is 5.67. The second-order valence-electron chi connectivity index (χ2n) is 4.64. The van der Waals surface area contributed by atoms with Gasteiger partial charge in [0.2, 0.25) is 0 Å². The molecule has 0 amide bonds. The summed E-state index contributed by atoms with van der Waals surface area (Å²) in [6.07, 6.45) is 6.74. The molecule has 4 nitrogen and oxygen atoms in total. The molecule has 1 saturated heterocycles. The monoisotopic (exact) mass is 214 g/mol. The van der Waals surface area contributed by atoms with Crippen LogP contribution in [0.5, 0.6) is 0 Å². The van der Waals surface area contributed by atoms with Crippen LogP contribution < -0.4 is 11.3 Å². The molecule has 4 heteroatoms. The zero-order chi connectivity index (χ0) is 10.5. The lowest BCUT2D eigenvalue weighted by Crippen LogP contribution is -2.50. The van der Waals surface area contributed by atoms with E-state index in [1.54, 1.807) is 0 Å². The molecule has 15 heavy (non-hydrogen) atoms. The minimum Gasteiger partial charge on any atom is -0.376 e. The van der Waals surface area contributed by atoms with E-state index in [1.165, 1.54) is 25.7 Å². The van der Waals surface area contributed by atoms with E-state index in [9.17, 15) is 0 Å². The third kappa shape index (κ3) is 3.14. The quantitative estimate of drug-likeness (QED) is 0.537. The molecular formula is C11H22N2O2. The van der Waals surface area contributed by atoms with Crippen molar-refractivity contribution in [3.05, 3.63) is 0 Å². The van der Waals surface area contributed by atoms with Crippen molar-refractivity contribution in [1.82, 2.24) is 5.43 Å². The Kier molecular flexibility index (Phi) is 4.38. The van der Waals surface area contributed by atoms with Crippen LogP contribution in [0.25, 0.3) is 0 Å². The molecule has 3 N–H and O–H groups in total. The molecule has 1 aliphatic heterocycles. The molecule has 0 spiro atoms. The Morgan fingerprint density at radius 3 is 2.67 bits per heavy atom. The van der Waals surface area contributed by atoms with E-state index >= 15 is 0 Å². The summed E-state index contributed by atoms with van der Waals surface area (Å²) in [5.74, 6) is 6.43. The van der Waals surface area contributed by atoms with E-state index < -0.39 is 0 Å². The molecule has 1 heterocycles. The van der Waals surface area contributed by atoms with Crippen LogP contribution in [0.15, 0.2) is 0 Å². The molecule has 2 rings (SSSR count). The summed E-state index contributed by atoms with van der Waals surface area (Å²) in [6.45, 7) is 2.10. The van der Waals surface area contributed by atoms with Crippen LogP contribution >= 0.6 is 0 Å². The summed E-state index contributed by atoms with van der Waals surface area (Å²) >= 11 is 0. The smallest absolute Gasteiger partial charge is 0.0975 e. The molecule has 0 aromatic carbocycles. The zero-order valence-electron chi connectivity index (χ0n) is 9.28. The highest BCUT2D eigenvalue weighted by Crippen LogP contribution is 2.29. The maximum absolute atomic E-state index is 5.67. The van der Waals surface area contributed by atoms with Gasteiger partial charge in [0.1, 0.15) is 0 Å². The predicted molar refractivity (Wildman–Crippen MR) is 58.2 cm³/mol. The van der Waals surface area contributed by atoms with Crippen LogP contribution in [0.3, 0.4) is 0 Å². The van der Waals surface area contributed by atoms with E-state index in [-0.39, 0.29) is 12.1 Å². The first-order chi connectivity index (χ1) is 7.40. The Hall–Kier alpha value is -0.160. The molecule has 0 aromatic rings. The van der Waals surface area contributed by atoms with Crippen molar-refractivity contribution in [3.63, 3.8) is 0 Å². The Morgan fingerprint density at radius 1 is 1.27 bits per heavy atom. The number of rotatable bonds is 4. The van der Waals surface area contributed by atoms with Gasteiger partial charge in [-0.1, -0.05) is 25.7 Å². The Morgan fingerprint density at radius 2 is 2.07 bits per heavy atom. The first-order valence-corrected chi connectivity index (χ1v) is 6.05. The largest absolute Gasteiger partial charge is 0.376 e. The molecule has 0 radical (unpaired) electrons. The average molecular weight is 214 g/mol. The summed E-state index contributed by atoms with van der Waals surface area (Å²) in [5, 5.41) is 0. The molecule has 0 aromatic heterocycles. The summed E-state index contributed by atoms with van der Waals surface area (Å²) in [6, 6.07) is 0.258. The van der Waals surface area contributed by atoms with Crippen molar-refractivity contribution in [2.45, 2.75) is 44.2 Å². The Balaban J connectivity index is 1.79. The Labute approximate surface area is 91.5 Å². The SMILES string of the molecule is NNC(CC1CCCC1)C1COCCO1. The van der Waals surface area contributed by atoms with E-state index in [2.05, 4.69) is 5.43 Å². The molecule has 2 aliphatic rings. The second kappa shape index (κ2) is 5.80. The molecule has 2 unspecified atom stereocenters. The van der Waals surface area contributed by atoms with E-state index in [4.69, 9.17) is 15.3 Å². The van der Waals surface area contributed by atoms with Gasteiger partial charge in [0, 0.05) is 6.04 Å². The van der Waals surface area contributed by atoms with Gasteiger partial charge in [-0.25, -0.2) is 0 Å². The number of ether oxygens (including phenoxy) is 2. The third-order valence-corrected chi connectivity index (χ3v) is 3.57. The van der Waals surface area contributed by atoms with Crippen molar-refractivity contribution in [3.8, 4) is 0 Å². The van der Waals surface area contributed by atoms with Crippen LogP contribution in [0.4, 0.5) is 0 Å². The van der Waals surface area contributed by atoms with Crippen LogP contribution in [0.2, 0.25) is 0 Å². The first-order valence-electron chi connectivity index (χ1n) is 6.05. The van der Waals surface area contributed by atoms with Gasteiger partial charge in [0.15, 0.2) is 0 Å². The molecular weight excluding hydrogens is 192 g/mol. The molecule has 2 fully saturated rings. The van der Waals surface area contributed by atoms with Gasteiger partial charge in [-0.2, -0.15) is 0 Å². The molecule has 2 atom stereocenters. The van der Waals surface area contributed by atoms with E-state index in [1.807, 2.05) is 0 Å². The van der Waals surface area contributed by atoms with Gasteiger partial charge in [-0.05, 0) is 12.3 Å². The lowest BCUT2D eigenvalue weighted by Gasteiger charge is -2.31. The van der Waals surface area contributed by atoms with Crippen LogP contribution in [-0.4, -0.2) is 32.0 Å². The van der Waals surface area contributed by atoms with Crippen molar-refractivity contribution in [2.24, 2.45) is 11.8 Å². The first kappa shape index (κ1) is 11.3. The van der Waals surface area contributed by atoms with Gasteiger partial charge >= 0.3 is 0 Å². The van der Waals surface area contributed by atoms with Crippen molar-refractivity contribution >= 4 is 0 Å². The normalized spacial score (nSPS) is 30.6. The van der Waals surface area contributed by atoms with Crippen molar-refractivity contribution in [2.75, 3.05) is 19.8 Å². The fourth-order valence-corrected chi connectivity index (χ4v) is 2.67. The predicted octanol–water partition coefficient (Wildman–Crippen LogP) is 0.814. The standard InChI is InChI=1S/C11H22N2O2/c12-13-10(7-9-3-1-2-4-9)11-8-14-5-6-15-11/h9-11,13H,1-8,12H2. The number of hydrogen-bond acceptors (Lipinski definition) is 4. The lowest BCUT2D eigenvalue weighted by atomic mass is 9.95. The van der Waals surface area contributed by atoms with E-state index in [0.29, 0.717) is 13.2 Å². The third-order valence-electron chi connectivity index (χ3n) is 3.57. The number of hydrogen-bond donors (Lipinski definition) is 2. The number of nitrogens with two attached hydrogens (primary N) is 1. The number of nitrogens with one attached hydrogen (secondary N) is 1. The number of hydrazine groups is 1. The Bertz CT molecular complexity index is 177. The van der Waals surface area contributed by atoms with Crippen LogP contribution in [-0.2, 0) is 9.47 Å². The molecule has 1 saturated carbocycles. The summed E-state index contributed by atoms with van der Waals surface area (Å²) < 4.78 is 11.1. The fourth-order valence-electron chi connectivity index (χ4n) is 2.67. The van der Waals surface area contributed by atoms with Gasteiger partial charge < -0.3 is 9.47 Å². The van der Waals surface area contributed by atoms with Crippen LogP contribution in [0.1, 0.15) is 32.1 Å². The average Bonchev–Trinajstić information content (AvgIpc) is 2.80. The summed E-state index contributed by atoms with van der Waals surface area (Å²) in [5.41, 5.74) is 2.89. The van der Waals surface area contributed by atoms with Crippen LogP contribution in [0, 0.1) is 5.92 Å². The highest BCUT2D eigenvalue weighted by Gasteiger charge is 2.28. The second-order valence-corrected chi connectivity index (χ2v) is 4.64. The van der Waals surface area contributed by atoms with Gasteiger partial charge in [0.25, 0.3) is 0 Å². The van der Waals surface area contributed by atoms with Gasteiger partial charge in [0.05, 0.1) is 25.9 Å². The highest BCUT2D eigenvalue weighted by molar-refractivity contribution is 4.81. The minimum absolute atomic E-state index is 0.143. The molecule has 0 bridgehead atoms. The summed E-state index contributed by atoms with van der Waals surface area (Å²) in [4.78, 5) is 0. The summed E-state index contributed by atoms with van der Waals surface area (Å²) in [7, 11) is 0.